The topological polar surface area (TPSA) is 43.1 Å². The van der Waals surface area contributed by atoms with Crippen LogP contribution >= 0.6 is 46.4 Å². The molecule has 0 aliphatic carbocycles. The zero-order valence-electron chi connectivity index (χ0n) is 6.51. The molecule has 14 heavy (non-hydrogen) atoms. The molecule has 0 atom stereocenters. The molecular weight excluding hydrogens is 272 g/mol. The number of alkyl halides is 3. The van der Waals surface area contributed by atoms with Gasteiger partial charge in [0.05, 0.1) is 4.92 Å². The maximum absolute atomic E-state index is 10.5. The summed E-state index contributed by atoms with van der Waals surface area (Å²) in [5.41, 5.74) is -0.186. The highest BCUT2D eigenvalue weighted by molar-refractivity contribution is 6.67. The van der Waals surface area contributed by atoms with Crippen LogP contribution in [0.15, 0.2) is 18.2 Å². The standard InChI is InChI=1S/C7H3Cl4NO2/c8-6-4(7(9,10)11)2-1-3-5(6)12(13)14/h1-3H. The Morgan fingerprint density at radius 1 is 1.29 bits per heavy atom. The Balaban J connectivity index is 3.35. The fourth-order valence-electron chi connectivity index (χ4n) is 0.880. The second-order valence-electron chi connectivity index (χ2n) is 2.39. The minimum Gasteiger partial charge on any atom is -0.258 e. The van der Waals surface area contributed by atoms with Crippen molar-refractivity contribution in [2.24, 2.45) is 0 Å². The van der Waals surface area contributed by atoms with Crippen molar-refractivity contribution in [3.05, 3.63) is 38.9 Å². The molecule has 0 heterocycles. The lowest BCUT2D eigenvalue weighted by Crippen LogP contribution is -2.02. The molecule has 1 aromatic carbocycles. The minimum atomic E-state index is -1.76. The molecule has 76 valence electrons. The molecule has 3 nitrogen and oxygen atoms in total. The lowest BCUT2D eigenvalue weighted by molar-refractivity contribution is -0.384. The normalized spacial score (nSPS) is 11.4. The van der Waals surface area contributed by atoms with Gasteiger partial charge in [-0.2, -0.15) is 0 Å². The lowest BCUT2D eigenvalue weighted by atomic mass is 10.2. The molecule has 0 saturated heterocycles. The molecule has 0 fully saturated rings. The average molecular weight is 275 g/mol. The van der Waals surface area contributed by atoms with E-state index in [1.807, 2.05) is 0 Å². The first-order valence-corrected chi connectivity index (χ1v) is 4.85. The number of nitrogens with zero attached hydrogens (tertiary/aromatic N) is 1. The van der Waals surface area contributed by atoms with E-state index in [4.69, 9.17) is 46.4 Å². The van der Waals surface area contributed by atoms with Crippen molar-refractivity contribution in [1.29, 1.82) is 0 Å². The van der Waals surface area contributed by atoms with Crippen molar-refractivity contribution >= 4 is 52.1 Å². The number of halogens is 4. The Morgan fingerprint density at radius 2 is 1.86 bits per heavy atom. The fraction of sp³-hybridized carbons (Fsp3) is 0.143. The maximum atomic E-state index is 10.5. The third kappa shape index (κ3) is 2.42. The molecule has 0 aromatic heterocycles. The Kier molecular flexibility index (Phi) is 3.48. The molecule has 0 aliphatic rings. The van der Waals surface area contributed by atoms with Gasteiger partial charge in [0.25, 0.3) is 5.69 Å². The Bertz CT molecular complexity index is 374. The number of nitro benzene ring substituents is 1. The van der Waals surface area contributed by atoms with Gasteiger partial charge in [0.15, 0.2) is 0 Å². The molecule has 0 spiro atoms. The summed E-state index contributed by atoms with van der Waals surface area (Å²) >= 11 is 22.4. The predicted octanol–water partition coefficient (Wildman–Crippen LogP) is 4.07. The van der Waals surface area contributed by atoms with Gasteiger partial charge in [0.1, 0.15) is 5.02 Å². The van der Waals surface area contributed by atoms with E-state index >= 15 is 0 Å². The maximum Gasteiger partial charge on any atom is 0.288 e. The van der Waals surface area contributed by atoms with Crippen molar-refractivity contribution in [2.45, 2.75) is 3.79 Å². The van der Waals surface area contributed by atoms with Gasteiger partial charge in [-0.1, -0.05) is 58.5 Å². The molecule has 1 rings (SSSR count). The average Bonchev–Trinajstić information content (AvgIpc) is 2.01. The second-order valence-corrected chi connectivity index (χ2v) is 5.05. The van der Waals surface area contributed by atoms with E-state index in [0.717, 1.165) is 0 Å². The molecule has 0 N–H and O–H groups in total. The fourth-order valence-corrected chi connectivity index (χ4v) is 1.83. The molecule has 0 radical (unpaired) electrons. The second kappa shape index (κ2) is 4.11. The Labute approximate surface area is 99.7 Å². The quantitative estimate of drug-likeness (QED) is 0.440. The smallest absolute Gasteiger partial charge is 0.258 e. The molecule has 0 amide bonds. The molecule has 0 saturated carbocycles. The van der Waals surface area contributed by atoms with Gasteiger partial charge in [0, 0.05) is 11.6 Å². The van der Waals surface area contributed by atoms with Gasteiger partial charge in [-0.15, -0.1) is 0 Å². The van der Waals surface area contributed by atoms with E-state index in [9.17, 15) is 10.1 Å². The number of benzene rings is 1. The summed E-state index contributed by atoms with van der Waals surface area (Å²) < 4.78 is -1.76. The summed E-state index contributed by atoms with van der Waals surface area (Å²) in [6.07, 6.45) is 0. The van der Waals surface area contributed by atoms with E-state index in [-0.39, 0.29) is 16.3 Å². The summed E-state index contributed by atoms with van der Waals surface area (Å²) in [5.74, 6) is 0. The Morgan fingerprint density at radius 3 is 2.29 bits per heavy atom. The van der Waals surface area contributed by atoms with Gasteiger partial charge < -0.3 is 0 Å². The van der Waals surface area contributed by atoms with E-state index in [1.165, 1.54) is 18.2 Å². The first-order chi connectivity index (χ1) is 6.34. The van der Waals surface area contributed by atoms with Crippen LogP contribution in [-0.4, -0.2) is 4.92 Å². The summed E-state index contributed by atoms with van der Waals surface area (Å²) in [7, 11) is 0. The van der Waals surface area contributed by atoms with Crippen LogP contribution < -0.4 is 0 Å². The molecule has 7 heteroatoms. The highest BCUT2D eigenvalue weighted by Crippen LogP contribution is 2.44. The first-order valence-electron chi connectivity index (χ1n) is 3.34. The number of hydrogen-bond acceptors (Lipinski definition) is 2. The van der Waals surface area contributed by atoms with Crippen LogP contribution in [0.25, 0.3) is 0 Å². The zero-order chi connectivity index (χ0) is 10.9. The number of rotatable bonds is 1. The van der Waals surface area contributed by atoms with E-state index in [0.29, 0.717) is 0 Å². The van der Waals surface area contributed by atoms with Gasteiger partial charge in [-0.05, 0) is 0 Å². The van der Waals surface area contributed by atoms with Gasteiger partial charge in [-0.25, -0.2) is 0 Å². The van der Waals surface area contributed by atoms with Crippen molar-refractivity contribution in [3.63, 3.8) is 0 Å². The van der Waals surface area contributed by atoms with Crippen LogP contribution in [0.2, 0.25) is 5.02 Å². The summed E-state index contributed by atoms with van der Waals surface area (Å²) in [4.78, 5) is 9.86. The van der Waals surface area contributed by atoms with E-state index in [1.54, 1.807) is 0 Å². The van der Waals surface area contributed by atoms with Gasteiger partial charge in [0.2, 0.25) is 3.79 Å². The third-order valence-corrected chi connectivity index (χ3v) is 2.49. The van der Waals surface area contributed by atoms with Crippen molar-refractivity contribution in [2.75, 3.05) is 0 Å². The summed E-state index contributed by atoms with van der Waals surface area (Å²) in [6, 6.07) is 4.06. The van der Waals surface area contributed by atoms with Gasteiger partial charge >= 0.3 is 0 Å². The SMILES string of the molecule is O=[N+]([O-])c1cccc(C(Cl)(Cl)Cl)c1Cl. The third-order valence-electron chi connectivity index (χ3n) is 1.48. The number of nitro groups is 1. The number of hydrogen-bond donors (Lipinski definition) is 0. The molecule has 0 unspecified atom stereocenters. The van der Waals surface area contributed by atoms with Crippen LogP contribution in [0.4, 0.5) is 5.69 Å². The molecule has 0 bridgehead atoms. The van der Waals surface area contributed by atoms with Crippen LogP contribution in [0.3, 0.4) is 0 Å². The largest absolute Gasteiger partial charge is 0.288 e. The lowest BCUT2D eigenvalue weighted by Gasteiger charge is -2.12. The van der Waals surface area contributed by atoms with Crippen LogP contribution in [0.1, 0.15) is 5.56 Å². The van der Waals surface area contributed by atoms with Crippen LogP contribution in [0, 0.1) is 10.1 Å². The minimum absolute atomic E-state index is 0.0957. The van der Waals surface area contributed by atoms with Gasteiger partial charge in [-0.3, -0.25) is 10.1 Å². The summed E-state index contributed by atoms with van der Waals surface area (Å²) in [6.45, 7) is 0. The Hall–Kier alpha value is -0.220. The van der Waals surface area contributed by atoms with Crippen molar-refractivity contribution < 1.29 is 4.92 Å². The highest BCUT2D eigenvalue weighted by Gasteiger charge is 2.29. The molecule has 0 aliphatic heterocycles. The van der Waals surface area contributed by atoms with E-state index < -0.39 is 8.72 Å². The molecule has 1 aromatic rings. The first kappa shape index (κ1) is 11.9. The zero-order valence-corrected chi connectivity index (χ0v) is 9.53. The summed E-state index contributed by atoms with van der Waals surface area (Å²) in [5, 5.41) is 10.3. The van der Waals surface area contributed by atoms with E-state index in [2.05, 4.69) is 0 Å². The van der Waals surface area contributed by atoms with Crippen molar-refractivity contribution in [3.8, 4) is 0 Å². The predicted molar refractivity (Wildman–Crippen MR) is 57.3 cm³/mol. The molecular formula is C7H3Cl4NO2. The highest BCUT2D eigenvalue weighted by atomic mass is 35.6. The monoisotopic (exact) mass is 273 g/mol. The van der Waals surface area contributed by atoms with Crippen LogP contribution in [0.5, 0.6) is 0 Å². The van der Waals surface area contributed by atoms with Crippen molar-refractivity contribution in [1.82, 2.24) is 0 Å². The van der Waals surface area contributed by atoms with Crippen LogP contribution in [-0.2, 0) is 3.79 Å².